The number of halogens is 1. The van der Waals surface area contributed by atoms with Crippen molar-refractivity contribution in [3.8, 4) is 0 Å². The van der Waals surface area contributed by atoms with Crippen LogP contribution in [-0.4, -0.2) is 23.4 Å². The Morgan fingerprint density at radius 1 is 1.14 bits per heavy atom. The van der Waals surface area contributed by atoms with Crippen LogP contribution in [-0.2, 0) is 11.2 Å². The fraction of sp³-hybridized carbons (Fsp3) is 0.200. The Hall–Kier alpha value is -2.21. The first-order valence-electron chi connectivity index (χ1n) is 6.63. The number of thiophene rings is 1. The summed E-state index contributed by atoms with van der Waals surface area (Å²) >= 11 is 1.62. The third-order valence-electron chi connectivity index (χ3n) is 3.94. The molecule has 2 aliphatic rings. The molecular weight excluding hydrogens is 291 g/mol. The van der Waals surface area contributed by atoms with Gasteiger partial charge >= 0.3 is 6.03 Å². The zero-order valence-corrected chi connectivity index (χ0v) is 11.8. The summed E-state index contributed by atoms with van der Waals surface area (Å²) in [6.07, 6.45) is 0.778. The maximum absolute atomic E-state index is 13.0. The number of benzene rings is 1. The SMILES string of the molecule is O=C1C2c3ccsc3CCN2C(=O)N1c1ccc(F)cc1. The zero-order chi connectivity index (χ0) is 14.6. The van der Waals surface area contributed by atoms with Crippen molar-refractivity contribution in [3.63, 3.8) is 0 Å². The predicted molar refractivity (Wildman–Crippen MR) is 76.8 cm³/mol. The van der Waals surface area contributed by atoms with E-state index in [1.54, 1.807) is 16.2 Å². The van der Waals surface area contributed by atoms with Gasteiger partial charge in [-0.1, -0.05) is 0 Å². The van der Waals surface area contributed by atoms with Gasteiger partial charge in [0.25, 0.3) is 5.91 Å². The minimum atomic E-state index is -0.530. The van der Waals surface area contributed by atoms with Crippen molar-refractivity contribution in [2.75, 3.05) is 11.4 Å². The first-order chi connectivity index (χ1) is 10.2. The van der Waals surface area contributed by atoms with Crippen LogP contribution in [0.15, 0.2) is 35.7 Å². The number of rotatable bonds is 1. The second-order valence-electron chi connectivity index (χ2n) is 5.08. The summed E-state index contributed by atoms with van der Waals surface area (Å²) in [5.41, 5.74) is 1.34. The summed E-state index contributed by atoms with van der Waals surface area (Å²) in [6, 6.07) is 6.48. The van der Waals surface area contributed by atoms with Gasteiger partial charge in [-0.15, -0.1) is 11.3 Å². The van der Waals surface area contributed by atoms with Crippen LogP contribution in [0.1, 0.15) is 16.5 Å². The smallest absolute Gasteiger partial charge is 0.307 e. The van der Waals surface area contributed by atoms with E-state index in [-0.39, 0.29) is 11.9 Å². The maximum atomic E-state index is 13.0. The highest BCUT2D eigenvalue weighted by Crippen LogP contribution is 2.40. The average molecular weight is 302 g/mol. The van der Waals surface area contributed by atoms with Gasteiger partial charge in [0.2, 0.25) is 0 Å². The largest absolute Gasteiger partial charge is 0.332 e. The van der Waals surface area contributed by atoms with Crippen LogP contribution in [0.5, 0.6) is 0 Å². The highest BCUT2D eigenvalue weighted by atomic mass is 32.1. The van der Waals surface area contributed by atoms with Crippen molar-refractivity contribution in [2.45, 2.75) is 12.5 Å². The van der Waals surface area contributed by atoms with Crippen LogP contribution in [0.2, 0.25) is 0 Å². The number of carbonyl (C=O) groups is 2. The monoisotopic (exact) mass is 302 g/mol. The molecule has 2 aliphatic heterocycles. The Morgan fingerprint density at radius 3 is 2.67 bits per heavy atom. The molecule has 1 unspecified atom stereocenters. The third-order valence-corrected chi connectivity index (χ3v) is 4.94. The normalized spacial score (nSPS) is 20.7. The van der Waals surface area contributed by atoms with Gasteiger partial charge in [0, 0.05) is 11.4 Å². The number of urea groups is 1. The fourth-order valence-corrected chi connectivity index (χ4v) is 3.87. The number of imide groups is 1. The van der Waals surface area contributed by atoms with Crippen molar-refractivity contribution in [2.24, 2.45) is 0 Å². The summed E-state index contributed by atoms with van der Waals surface area (Å²) in [6.45, 7) is 0.542. The predicted octanol–water partition coefficient (Wildman–Crippen LogP) is 2.95. The highest BCUT2D eigenvalue weighted by Gasteiger charge is 2.49. The molecule has 1 fully saturated rings. The van der Waals surface area contributed by atoms with E-state index >= 15 is 0 Å². The minimum Gasteiger partial charge on any atom is -0.307 e. The van der Waals surface area contributed by atoms with Gasteiger partial charge in [-0.3, -0.25) is 4.79 Å². The van der Waals surface area contributed by atoms with Crippen LogP contribution < -0.4 is 4.90 Å². The zero-order valence-electron chi connectivity index (χ0n) is 11.0. The molecule has 2 aromatic rings. The van der Waals surface area contributed by atoms with Crippen molar-refractivity contribution in [1.29, 1.82) is 0 Å². The van der Waals surface area contributed by atoms with Gasteiger partial charge in [-0.05, 0) is 47.7 Å². The quantitative estimate of drug-likeness (QED) is 0.760. The van der Waals surface area contributed by atoms with Gasteiger partial charge in [-0.2, -0.15) is 0 Å². The molecule has 106 valence electrons. The van der Waals surface area contributed by atoms with Gasteiger partial charge in [0.1, 0.15) is 11.9 Å². The summed E-state index contributed by atoms with van der Waals surface area (Å²) in [5, 5.41) is 1.95. The van der Waals surface area contributed by atoms with Crippen LogP contribution >= 0.6 is 11.3 Å². The number of amides is 3. The molecule has 0 spiro atoms. The number of fused-ring (bicyclic) bond motifs is 3. The lowest BCUT2D eigenvalue weighted by molar-refractivity contribution is -0.120. The standard InChI is InChI=1S/C15H11FN2O2S/c16-9-1-3-10(4-2-9)18-14(19)13-11-6-8-21-12(11)5-7-17(13)15(18)20/h1-4,6,8,13H,5,7H2. The van der Waals surface area contributed by atoms with Crippen LogP contribution in [0.4, 0.5) is 14.9 Å². The Bertz CT molecular complexity index is 740. The molecule has 1 atom stereocenters. The van der Waals surface area contributed by atoms with E-state index < -0.39 is 11.9 Å². The van der Waals surface area contributed by atoms with Crippen LogP contribution in [0, 0.1) is 5.82 Å². The molecule has 3 heterocycles. The molecule has 0 saturated carbocycles. The molecule has 21 heavy (non-hydrogen) atoms. The van der Waals surface area contributed by atoms with Crippen molar-refractivity contribution in [3.05, 3.63) is 52.0 Å². The first-order valence-corrected chi connectivity index (χ1v) is 7.51. The molecule has 0 radical (unpaired) electrons. The lowest BCUT2D eigenvalue weighted by atomic mass is 10.0. The number of anilines is 1. The summed E-state index contributed by atoms with van der Waals surface area (Å²) < 4.78 is 13.0. The number of hydrogen-bond acceptors (Lipinski definition) is 3. The maximum Gasteiger partial charge on any atom is 0.332 e. The van der Waals surface area contributed by atoms with Gasteiger partial charge in [0.05, 0.1) is 5.69 Å². The van der Waals surface area contributed by atoms with E-state index in [9.17, 15) is 14.0 Å². The Balaban J connectivity index is 1.78. The van der Waals surface area contributed by atoms with E-state index in [1.807, 2.05) is 11.4 Å². The Kier molecular flexibility index (Phi) is 2.62. The minimum absolute atomic E-state index is 0.258. The number of hydrogen-bond donors (Lipinski definition) is 0. The molecule has 1 aromatic heterocycles. The Labute approximate surface area is 124 Å². The third kappa shape index (κ3) is 1.72. The second-order valence-corrected chi connectivity index (χ2v) is 6.08. The van der Waals surface area contributed by atoms with Gasteiger partial charge in [0.15, 0.2) is 0 Å². The molecule has 4 rings (SSSR count). The molecule has 0 N–H and O–H groups in total. The second kappa shape index (κ2) is 4.39. The van der Waals surface area contributed by atoms with E-state index in [1.165, 1.54) is 29.1 Å². The lowest BCUT2D eigenvalue weighted by Crippen LogP contribution is -2.36. The Morgan fingerprint density at radius 2 is 1.90 bits per heavy atom. The molecule has 6 heteroatoms. The number of carbonyl (C=O) groups excluding carboxylic acids is 2. The molecule has 0 aliphatic carbocycles. The van der Waals surface area contributed by atoms with E-state index in [4.69, 9.17) is 0 Å². The molecule has 0 bridgehead atoms. The van der Waals surface area contributed by atoms with Crippen LogP contribution in [0.25, 0.3) is 0 Å². The van der Waals surface area contributed by atoms with E-state index in [2.05, 4.69) is 0 Å². The van der Waals surface area contributed by atoms with E-state index in [0.717, 1.165) is 16.9 Å². The topological polar surface area (TPSA) is 40.6 Å². The molecule has 4 nitrogen and oxygen atoms in total. The highest BCUT2D eigenvalue weighted by molar-refractivity contribution is 7.10. The van der Waals surface area contributed by atoms with Gasteiger partial charge in [-0.25, -0.2) is 14.1 Å². The van der Waals surface area contributed by atoms with Crippen molar-refractivity contribution in [1.82, 2.24) is 4.90 Å². The van der Waals surface area contributed by atoms with Crippen LogP contribution in [0.3, 0.4) is 0 Å². The summed E-state index contributed by atoms with van der Waals surface area (Å²) in [4.78, 5) is 29.1. The molecule has 1 aromatic carbocycles. The van der Waals surface area contributed by atoms with Crippen molar-refractivity contribution < 1.29 is 14.0 Å². The average Bonchev–Trinajstić information content (AvgIpc) is 3.04. The summed E-state index contributed by atoms with van der Waals surface area (Å²) in [5.74, 6) is -0.651. The molecule has 1 saturated heterocycles. The van der Waals surface area contributed by atoms with Gasteiger partial charge < -0.3 is 4.90 Å². The summed E-state index contributed by atoms with van der Waals surface area (Å²) in [7, 11) is 0. The van der Waals surface area contributed by atoms with Crippen molar-refractivity contribution >= 4 is 29.0 Å². The lowest BCUT2D eigenvalue weighted by Gasteiger charge is -2.26. The molecular formula is C15H11FN2O2S. The first kappa shape index (κ1) is 12.5. The van der Waals surface area contributed by atoms with E-state index in [0.29, 0.717) is 12.2 Å². The molecule has 3 amide bonds. The fourth-order valence-electron chi connectivity index (χ4n) is 2.96. The number of nitrogens with zero attached hydrogens (tertiary/aromatic N) is 2.